The average Bonchev–Trinajstić information content (AvgIpc) is 2.83. The summed E-state index contributed by atoms with van der Waals surface area (Å²) in [7, 11) is 0. The molecule has 7 heteroatoms. The molecule has 0 aliphatic heterocycles. The van der Waals surface area contributed by atoms with E-state index < -0.39 is 0 Å². The Balaban J connectivity index is 2.32. The van der Waals surface area contributed by atoms with Gasteiger partial charge in [0.05, 0.1) is 11.3 Å². The van der Waals surface area contributed by atoms with Gasteiger partial charge in [0.1, 0.15) is 11.3 Å². The number of nitrogens with zero attached hydrogens (tertiary/aromatic N) is 5. The molecule has 2 N–H and O–H groups in total. The maximum atomic E-state index is 5.91. The first-order chi connectivity index (χ1) is 8.16. The molecule has 0 saturated carbocycles. The van der Waals surface area contributed by atoms with Crippen LogP contribution < -0.4 is 5.73 Å². The molecule has 6 nitrogen and oxygen atoms in total. The number of rotatable bonds is 1. The van der Waals surface area contributed by atoms with Crippen LogP contribution in [0.2, 0.25) is 0 Å². The fraction of sp³-hybridized carbons (Fsp3) is 0.200. The summed E-state index contributed by atoms with van der Waals surface area (Å²) in [5, 5.41) is 8.92. The Morgan fingerprint density at radius 1 is 1.29 bits per heavy atom. The third-order valence-corrected chi connectivity index (χ3v) is 3.32. The highest BCUT2D eigenvalue weighted by atomic mass is 32.1. The highest BCUT2D eigenvalue weighted by Crippen LogP contribution is 2.30. The van der Waals surface area contributed by atoms with Crippen LogP contribution in [-0.2, 0) is 0 Å². The molecule has 0 unspecified atom stereocenters. The Hall–Kier alpha value is -2.02. The van der Waals surface area contributed by atoms with Crippen molar-refractivity contribution in [1.29, 1.82) is 0 Å². The van der Waals surface area contributed by atoms with E-state index in [4.69, 9.17) is 5.73 Å². The molecule has 17 heavy (non-hydrogen) atoms. The fourth-order valence-corrected chi connectivity index (χ4v) is 2.38. The molecule has 0 aliphatic carbocycles. The van der Waals surface area contributed by atoms with Crippen molar-refractivity contribution in [3.63, 3.8) is 0 Å². The molecule has 0 atom stereocenters. The monoisotopic (exact) mass is 246 g/mol. The van der Waals surface area contributed by atoms with Crippen molar-refractivity contribution >= 4 is 22.2 Å². The van der Waals surface area contributed by atoms with Crippen LogP contribution >= 0.6 is 11.5 Å². The van der Waals surface area contributed by atoms with E-state index in [1.165, 1.54) is 11.5 Å². The first kappa shape index (κ1) is 10.2. The van der Waals surface area contributed by atoms with Crippen molar-refractivity contribution in [2.75, 3.05) is 5.73 Å². The van der Waals surface area contributed by atoms with Crippen LogP contribution in [0, 0.1) is 13.8 Å². The minimum atomic E-state index is 0.650. The van der Waals surface area contributed by atoms with Gasteiger partial charge < -0.3 is 5.73 Å². The van der Waals surface area contributed by atoms with Gasteiger partial charge in [-0.05, 0) is 25.4 Å². The standard InChI is InChI=1S/C10H10N6S/c1-5-3-7-13-14-10(16(7)4-12-5)8-6(2)15-17-9(8)11/h3-4H,11H2,1-2H3. The van der Waals surface area contributed by atoms with Crippen molar-refractivity contribution in [3.8, 4) is 11.4 Å². The summed E-state index contributed by atoms with van der Waals surface area (Å²) in [6.45, 7) is 3.82. The van der Waals surface area contributed by atoms with Gasteiger partial charge in [-0.25, -0.2) is 4.98 Å². The molecule has 0 aliphatic rings. The van der Waals surface area contributed by atoms with Gasteiger partial charge in [-0.15, -0.1) is 10.2 Å². The number of aryl methyl sites for hydroxylation is 2. The van der Waals surface area contributed by atoms with E-state index in [0.717, 1.165) is 22.6 Å². The molecule has 86 valence electrons. The zero-order chi connectivity index (χ0) is 12.0. The molecule has 0 radical (unpaired) electrons. The molecule has 0 aromatic carbocycles. The zero-order valence-electron chi connectivity index (χ0n) is 9.38. The molecule has 0 saturated heterocycles. The molecular weight excluding hydrogens is 236 g/mol. The van der Waals surface area contributed by atoms with E-state index >= 15 is 0 Å². The minimum absolute atomic E-state index is 0.650. The molecule has 3 aromatic rings. The largest absolute Gasteiger partial charge is 0.389 e. The smallest absolute Gasteiger partial charge is 0.174 e. The lowest BCUT2D eigenvalue weighted by molar-refractivity contribution is 1.04. The number of aromatic nitrogens is 5. The first-order valence-electron chi connectivity index (χ1n) is 5.06. The topological polar surface area (TPSA) is 82.0 Å². The molecule has 3 heterocycles. The second-order valence-corrected chi connectivity index (χ2v) is 4.59. The molecule has 0 bridgehead atoms. The van der Waals surface area contributed by atoms with Gasteiger partial charge in [0, 0.05) is 11.8 Å². The number of nitrogens with two attached hydrogens (primary N) is 1. The van der Waals surface area contributed by atoms with E-state index in [-0.39, 0.29) is 0 Å². The van der Waals surface area contributed by atoms with Crippen LogP contribution in [0.15, 0.2) is 12.4 Å². The molecule has 0 fully saturated rings. The van der Waals surface area contributed by atoms with Crippen molar-refractivity contribution in [2.45, 2.75) is 13.8 Å². The summed E-state index contributed by atoms with van der Waals surface area (Å²) in [5.41, 5.74) is 9.28. The maximum Gasteiger partial charge on any atom is 0.174 e. The predicted molar refractivity (Wildman–Crippen MR) is 65.8 cm³/mol. The molecular formula is C10H10N6S. The van der Waals surface area contributed by atoms with Crippen LogP contribution in [0.5, 0.6) is 0 Å². The lowest BCUT2D eigenvalue weighted by Gasteiger charge is -1.99. The fourth-order valence-electron chi connectivity index (χ4n) is 1.72. The van der Waals surface area contributed by atoms with E-state index in [0.29, 0.717) is 10.8 Å². The molecule has 0 amide bonds. The Morgan fingerprint density at radius 2 is 2.12 bits per heavy atom. The number of hydrogen-bond acceptors (Lipinski definition) is 6. The summed E-state index contributed by atoms with van der Waals surface area (Å²) >= 11 is 1.27. The number of fused-ring (bicyclic) bond motifs is 1. The number of hydrogen-bond donors (Lipinski definition) is 1. The summed E-state index contributed by atoms with van der Waals surface area (Å²) in [6, 6.07) is 1.88. The summed E-state index contributed by atoms with van der Waals surface area (Å²) < 4.78 is 6.03. The predicted octanol–water partition coefficient (Wildman–Crippen LogP) is 1.45. The van der Waals surface area contributed by atoms with Gasteiger partial charge in [-0.1, -0.05) is 0 Å². The third-order valence-electron chi connectivity index (χ3n) is 2.55. The van der Waals surface area contributed by atoms with Gasteiger partial charge in [0.25, 0.3) is 0 Å². The van der Waals surface area contributed by atoms with Crippen molar-refractivity contribution < 1.29 is 0 Å². The molecule has 3 rings (SSSR count). The lowest BCUT2D eigenvalue weighted by Crippen LogP contribution is -1.95. The molecule has 3 aromatic heterocycles. The van der Waals surface area contributed by atoms with E-state index in [1.54, 1.807) is 6.33 Å². The third kappa shape index (κ3) is 1.47. The highest BCUT2D eigenvalue weighted by Gasteiger charge is 2.16. The van der Waals surface area contributed by atoms with Crippen molar-refractivity contribution in [2.24, 2.45) is 0 Å². The Kier molecular flexibility index (Phi) is 2.08. The van der Waals surface area contributed by atoms with Crippen LogP contribution in [0.25, 0.3) is 17.0 Å². The summed E-state index contributed by atoms with van der Waals surface area (Å²) in [6.07, 6.45) is 1.70. The van der Waals surface area contributed by atoms with E-state index in [2.05, 4.69) is 19.6 Å². The SMILES string of the molecule is Cc1cc2nnc(-c3c(C)nsc3N)n2cn1. The van der Waals surface area contributed by atoms with Crippen LogP contribution in [0.4, 0.5) is 5.00 Å². The Labute approximate surface area is 101 Å². The number of anilines is 1. The maximum absolute atomic E-state index is 5.91. The number of nitrogen functional groups attached to an aromatic ring is 1. The normalized spacial score (nSPS) is 11.2. The zero-order valence-corrected chi connectivity index (χ0v) is 10.2. The highest BCUT2D eigenvalue weighted by molar-refractivity contribution is 7.10. The Bertz CT molecular complexity index is 678. The van der Waals surface area contributed by atoms with Crippen LogP contribution in [-0.4, -0.2) is 24.0 Å². The minimum Gasteiger partial charge on any atom is -0.389 e. The van der Waals surface area contributed by atoms with Gasteiger partial charge in [-0.2, -0.15) is 4.37 Å². The van der Waals surface area contributed by atoms with E-state index in [1.807, 2.05) is 24.3 Å². The average molecular weight is 246 g/mol. The van der Waals surface area contributed by atoms with E-state index in [9.17, 15) is 0 Å². The van der Waals surface area contributed by atoms with Crippen LogP contribution in [0.1, 0.15) is 11.4 Å². The lowest BCUT2D eigenvalue weighted by atomic mass is 10.2. The van der Waals surface area contributed by atoms with Crippen LogP contribution in [0.3, 0.4) is 0 Å². The quantitative estimate of drug-likeness (QED) is 0.702. The van der Waals surface area contributed by atoms with Gasteiger partial charge in [0.2, 0.25) is 0 Å². The van der Waals surface area contributed by atoms with Crippen molar-refractivity contribution in [3.05, 3.63) is 23.8 Å². The second-order valence-electron chi connectivity index (χ2n) is 3.79. The second kappa shape index (κ2) is 3.49. The van der Waals surface area contributed by atoms with Gasteiger partial charge in [0.15, 0.2) is 11.5 Å². The van der Waals surface area contributed by atoms with Gasteiger partial charge >= 0.3 is 0 Å². The summed E-state index contributed by atoms with van der Waals surface area (Å²) in [5.74, 6) is 0.691. The molecule has 0 spiro atoms. The first-order valence-corrected chi connectivity index (χ1v) is 5.83. The Morgan fingerprint density at radius 3 is 2.82 bits per heavy atom. The van der Waals surface area contributed by atoms with Crippen molar-refractivity contribution in [1.82, 2.24) is 24.0 Å². The van der Waals surface area contributed by atoms with Gasteiger partial charge in [-0.3, -0.25) is 4.40 Å². The summed E-state index contributed by atoms with van der Waals surface area (Å²) in [4.78, 5) is 4.23.